The largest absolute Gasteiger partial charge is 0.481 e. The summed E-state index contributed by atoms with van der Waals surface area (Å²) < 4.78 is 4.32. The van der Waals surface area contributed by atoms with Gasteiger partial charge < -0.3 is 15.6 Å². The molecule has 64 valence electrons. The van der Waals surface area contributed by atoms with Crippen molar-refractivity contribution in [2.45, 2.75) is 6.42 Å². The molecule has 0 aliphatic carbocycles. The van der Waals surface area contributed by atoms with Crippen LogP contribution in [0.15, 0.2) is 0 Å². The molecule has 0 rings (SSSR count). The van der Waals surface area contributed by atoms with Crippen LogP contribution in [0, 0.1) is 5.92 Å². The molecule has 0 amide bonds. The Balaban J connectivity index is 3.94. The van der Waals surface area contributed by atoms with E-state index < -0.39 is 17.9 Å². The number of hydrogen-bond acceptors (Lipinski definition) is 4. The van der Waals surface area contributed by atoms with Crippen molar-refractivity contribution in [2.24, 2.45) is 11.7 Å². The fourth-order valence-electron chi connectivity index (χ4n) is 0.640. The molecular formula is C6H11NO4. The number of methoxy groups -OCH3 is 1. The molecule has 0 radical (unpaired) electrons. The van der Waals surface area contributed by atoms with Crippen molar-refractivity contribution in [1.29, 1.82) is 0 Å². The molecule has 0 aliphatic rings. The van der Waals surface area contributed by atoms with Crippen LogP contribution in [0.1, 0.15) is 6.42 Å². The summed E-state index contributed by atoms with van der Waals surface area (Å²) in [4.78, 5) is 20.8. The van der Waals surface area contributed by atoms with Gasteiger partial charge in [0.2, 0.25) is 0 Å². The number of carbonyl (C=O) groups excluding carboxylic acids is 1. The van der Waals surface area contributed by atoms with Gasteiger partial charge in [0.05, 0.1) is 19.4 Å². The number of aliphatic carboxylic acids is 1. The van der Waals surface area contributed by atoms with Gasteiger partial charge in [-0.05, 0) is 0 Å². The predicted octanol–water partition coefficient (Wildman–Crippen LogP) is -0.791. The molecule has 0 aliphatic heterocycles. The number of carbonyl (C=O) groups is 2. The highest BCUT2D eigenvalue weighted by molar-refractivity contribution is 5.79. The monoisotopic (exact) mass is 161 g/mol. The molecule has 0 saturated carbocycles. The summed E-state index contributed by atoms with van der Waals surface area (Å²) in [5.74, 6) is -2.35. The molecule has 5 heteroatoms. The van der Waals surface area contributed by atoms with Crippen LogP contribution in [-0.4, -0.2) is 30.7 Å². The average Bonchev–Trinajstić information content (AvgIpc) is 1.98. The Kier molecular flexibility index (Phi) is 4.21. The van der Waals surface area contributed by atoms with Crippen molar-refractivity contribution in [3.05, 3.63) is 0 Å². The van der Waals surface area contributed by atoms with Gasteiger partial charge in [0.25, 0.3) is 0 Å². The van der Waals surface area contributed by atoms with Crippen LogP contribution in [0.5, 0.6) is 0 Å². The lowest BCUT2D eigenvalue weighted by atomic mass is 10.1. The van der Waals surface area contributed by atoms with Crippen LogP contribution < -0.4 is 5.73 Å². The third-order valence-electron chi connectivity index (χ3n) is 1.24. The lowest BCUT2D eigenvalue weighted by Crippen LogP contribution is -2.27. The maximum Gasteiger partial charge on any atom is 0.310 e. The fourth-order valence-corrected chi connectivity index (χ4v) is 0.640. The Hall–Kier alpha value is -1.10. The fraction of sp³-hybridized carbons (Fsp3) is 0.667. The molecule has 0 heterocycles. The Morgan fingerprint density at radius 1 is 1.64 bits per heavy atom. The summed E-state index contributed by atoms with van der Waals surface area (Å²) in [6.45, 7) is -0.00102. The normalized spacial score (nSPS) is 12.2. The van der Waals surface area contributed by atoms with E-state index in [1.807, 2.05) is 0 Å². The van der Waals surface area contributed by atoms with Crippen molar-refractivity contribution in [3.8, 4) is 0 Å². The first-order valence-electron chi connectivity index (χ1n) is 3.11. The van der Waals surface area contributed by atoms with E-state index in [2.05, 4.69) is 4.74 Å². The van der Waals surface area contributed by atoms with E-state index in [9.17, 15) is 9.59 Å². The van der Waals surface area contributed by atoms with E-state index >= 15 is 0 Å². The van der Waals surface area contributed by atoms with Crippen molar-refractivity contribution in [2.75, 3.05) is 13.7 Å². The number of carboxylic acids is 1. The average molecular weight is 161 g/mol. The van der Waals surface area contributed by atoms with Crippen molar-refractivity contribution in [3.63, 3.8) is 0 Å². The van der Waals surface area contributed by atoms with E-state index in [1.165, 1.54) is 7.11 Å². The molecule has 1 unspecified atom stereocenters. The van der Waals surface area contributed by atoms with E-state index in [0.29, 0.717) is 0 Å². The van der Waals surface area contributed by atoms with Crippen LogP contribution in [0.2, 0.25) is 0 Å². The summed E-state index contributed by atoms with van der Waals surface area (Å²) in [6.07, 6.45) is -0.275. The van der Waals surface area contributed by atoms with Gasteiger partial charge in [-0.2, -0.15) is 0 Å². The second kappa shape index (κ2) is 4.68. The zero-order chi connectivity index (χ0) is 8.85. The highest BCUT2D eigenvalue weighted by atomic mass is 16.5. The number of nitrogens with two attached hydrogens (primary N) is 1. The van der Waals surface area contributed by atoms with Crippen LogP contribution in [0.3, 0.4) is 0 Å². The standard InChI is InChI=1S/C6H11NO4/c1-11-6(10)4(3-7)2-5(8)9/h4H,2-3,7H2,1H3,(H,8,9). The Labute approximate surface area is 64.1 Å². The molecule has 1 atom stereocenters. The van der Waals surface area contributed by atoms with E-state index in [-0.39, 0.29) is 13.0 Å². The zero-order valence-electron chi connectivity index (χ0n) is 6.24. The van der Waals surface area contributed by atoms with Crippen LogP contribution in [-0.2, 0) is 14.3 Å². The number of rotatable bonds is 4. The summed E-state index contributed by atoms with van der Waals surface area (Å²) in [5, 5.41) is 8.30. The first kappa shape index (κ1) is 9.90. The predicted molar refractivity (Wildman–Crippen MR) is 36.8 cm³/mol. The quantitative estimate of drug-likeness (QED) is 0.527. The van der Waals surface area contributed by atoms with Gasteiger partial charge in [-0.25, -0.2) is 0 Å². The van der Waals surface area contributed by atoms with Gasteiger partial charge in [0.1, 0.15) is 0 Å². The first-order valence-corrected chi connectivity index (χ1v) is 3.11. The van der Waals surface area contributed by atoms with Gasteiger partial charge in [-0.1, -0.05) is 0 Å². The van der Waals surface area contributed by atoms with Gasteiger partial charge >= 0.3 is 11.9 Å². The smallest absolute Gasteiger partial charge is 0.310 e. The third-order valence-corrected chi connectivity index (χ3v) is 1.24. The summed E-state index contributed by atoms with van der Waals surface area (Å²) >= 11 is 0. The minimum Gasteiger partial charge on any atom is -0.481 e. The Morgan fingerprint density at radius 2 is 2.18 bits per heavy atom. The first-order chi connectivity index (χ1) is 5.11. The molecule has 0 saturated heterocycles. The molecule has 0 bridgehead atoms. The maximum absolute atomic E-state index is 10.7. The lowest BCUT2D eigenvalue weighted by molar-refractivity contribution is -0.150. The van der Waals surface area contributed by atoms with E-state index in [1.54, 1.807) is 0 Å². The second-order valence-corrected chi connectivity index (χ2v) is 2.05. The molecule has 0 spiro atoms. The number of carboxylic acid groups (broad SMARTS) is 1. The lowest BCUT2D eigenvalue weighted by Gasteiger charge is -2.07. The minimum atomic E-state index is -1.05. The van der Waals surface area contributed by atoms with Gasteiger partial charge in [-0.15, -0.1) is 0 Å². The maximum atomic E-state index is 10.7. The molecule has 0 aromatic heterocycles. The van der Waals surface area contributed by atoms with Crippen molar-refractivity contribution < 1.29 is 19.4 Å². The van der Waals surface area contributed by atoms with Crippen molar-refractivity contribution >= 4 is 11.9 Å². The second-order valence-electron chi connectivity index (χ2n) is 2.05. The molecule has 0 aromatic rings. The van der Waals surface area contributed by atoms with Gasteiger partial charge in [-0.3, -0.25) is 9.59 Å². The minimum absolute atomic E-state index is 0.00102. The highest BCUT2D eigenvalue weighted by Crippen LogP contribution is 2.02. The van der Waals surface area contributed by atoms with Gasteiger partial charge in [0, 0.05) is 6.54 Å². The van der Waals surface area contributed by atoms with Crippen molar-refractivity contribution in [1.82, 2.24) is 0 Å². The number of esters is 1. The van der Waals surface area contributed by atoms with E-state index in [4.69, 9.17) is 10.8 Å². The molecule has 0 aromatic carbocycles. The molecule has 5 nitrogen and oxygen atoms in total. The number of hydrogen-bond donors (Lipinski definition) is 2. The topological polar surface area (TPSA) is 89.6 Å². The van der Waals surface area contributed by atoms with Crippen LogP contribution >= 0.6 is 0 Å². The van der Waals surface area contributed by atoms with E-state index in [0.717, 1.165) is 0 Å². The summed E-state index contributed by atoms with van der Waals surface area (Å²) in [6, 6.07) is 0. The SMILES string of the molecule is COC(=O)C(CN)CC(=O)O. The Morgan fingerprint density at radius 3 is 2.45 bits per heavy atom. The molecule has 3 N–H and O–H groups in total. The summed E-state index contributed by atoms with van der Waals surface area (Å²) in [7, 11) is 1.20. The van der Waals surface area contributed by atoms with Crippen LogP contribution in [0.4, 0.5) is 0 Å². The van der Waals surface area contributed by atoms with Crippen LogP contribution in [0.25, 0.3) is 0 Å². The number of ether oxygens (including phenoxy) is 1. The zero-order valence-corrected chi connectivity index (χ0v) is 6.24. The molecule has 0 fully saturated rings. The highest BCUT2D eigenvalue weighted by Gasteiger charge is 2.20. The van der Waals surface area contributed by atoms with Gasteiger partial charge in [0.15, 0.2) is 0 Å². The molecule has 11 heavy (non-hydrogen) atoms. The summed E-state index contributed by atoms with van der Waals surface area (Å²) in [5.41, 5.74) is 5.13. The molecular weight excluding hydrogens is 150 g/mol. The third kappa shape index (κ3) is 3.57. The Bertz CT molecular complexity index is 157.